The van der Waals surface area contributed by atoms with Gasteiger partial charge in [-0.2, -0.15) is 5.10 Å². The molecule has 1 aromatic heterocycles. The molecule has 1 aliphatic heterocycles. The van der Waals surface area contributed by atoms with Crippen LogP contribution < -0.4 is 15.8 Å². The molecular formula is C19H20N4O3S. The lowest BCUT2D eigenvalue weighted by molar-refractivity contribution is -0.117. The van der Waals surface area contributed by atoms with Crippen molar-refractivity contribution in [1.29, 1.82) is 0 Å². The van der Waals surface area contributed by atoms with Gasteiger partial charge in [0.1, 0.15) is 12.2 Å². The molecule has 3 rings (SSSR count). The Balaban J connectivity index is 1.88. The number of hydrogen-bond donors (Lipinski definition) is 1. The number of rotatable bonds is 5. The summed E-state index contributed by atoms with van der Waals surface area (Å²) in [7, 11) is 0. The number of nitrogens with zero attached hydrogens (tertiary/aromatic N) is 3. The maximum atomic E-state index is 12.8. The summed E-state index contributed by atoms with van der Waals surface area (Å²) in [5, 5.41) is 6.94. The normalized spacial score (nSPS) is 13.3. The summed E-state index contributed by atoms with van der Waals surface area (Å²) in [5.41, 5.74) is 2.40. The van der Waals surface area contributed by atoms with Crippen molar-refractivity contribution in [2.24, 2.45) is 0 Å². The molecule has 0 fully saturated rings. The Labute approximate surface area is 161 Å². The number of amides is 2. The van der Waals surface area contributed by atoms with E-state index in [2.05, 4.69) is 17.0 Å². The monoisotopic (exact) mass is 384 g/mol. The number of benzene rings is 1. The van der Waals surface area contributed by atoms with Gasteiger partial charge in [-0.15, -0.1) is 18.3 Å². The molecule has 0 saturated heterocycles. The first-order valence-corrected chi connectivity index (χ1v) is 9.41. The highest BCUT2D eigenvalue weighted by Gasteiger charge is 2.28. The van der Waals surface area contributed by atoms with E-state index in [1.54, 1.807) is 6.08 Å². The lowest BCUT2D eigenvalue weighted by atomic mass is 10.1. The number of anilines is 2. The third-order valence-corrected chi connectivity index (χ3v) is 5.26. The van der Waals surface area contributed by atoms with Crippen LogP contribution >= 0.6 is 11.8 Å². The summed E-state index contributed by atoms with van der Waals surface area (Å²) in [6, 6.07) is 5.72. The Bertz CT molecular complexity index is 963. The van der Waals surface area contributed by atoms with E-state index in [9.17, 15) is 14.4 Å². The first-order valence-electron chi connectivity index (χ1n) is 8.42. The van der Waals surface area contributed by atoms with Crippen molar-refractivity contribution >= 4 is 35.0 Å². The van der Waals surface area contributed by atoms with Crippen molar-refractivity contribution in [2.75, 3.05) is 22.5 Å². The van der Waals surface area contributed by atoms with Crippen LogP contribution in [0.1, 0.15) is 11.1 Å². The zero-order chi connectivity index (χ0) is 19.6. The molecule has 7 nitrogen and oxygen atoms in total. The molecule has 140 valence electrons. The molecule has 0 radical (unpaired) electrons. The molecule has 27 heavy (non-hydrogen) atoms. The second kappa shape index (κ2) is 7.79. The first kappa shape index (κ1) is 18.9. The van der Waals surface area contributed by atoms with Crippen molar-refractivity contribution in [2.45, 2.75) is 25.3 Å². The number of aromatic nitrogens is 2. The Morgan fingerprint density at radius 3 is 2.70 bits per heavy atom. The number of hydrogen-bond acceptors (Lipinski definition) is 5. The molecule has 0 saturated carbocycles. The molecule has 1 N–H and O–H groups in total. The number of carbonyl (C=O) groups excluding carboxylic acids is 2. The Morgan fingerprint density at radius 1 is 1.33 bits per heavy atom. The van der Waals surface area contributed by atoms with Gasteiger partial charge in [-0.3, -0.25) is 14.4 Å². The van der Waals surface area contributed by atoms with Gasteiger partial charge in [-0.05, 0) is 25.0 Å². The Hall–Kier alpha value is -2.87. The minimum Gasteiger partial charge on any atom is -0.324 e. The van der Waals surface area contributed by atoms with Crippen LogP contribution in [-0.2, 0) is 16.1 Å². The number of nitrogens with one attached hydrogen (secondary N) is 1. The number of carbonyl (C=O) groups is 2. The minimum atomic E-state index is -0.466. The summed E-state index contributed by atoms with van der Waals surface area (Å²) in [4.78, 5) is 39.5. The van der Waals surface area contributed by atoms with E-state index in [4.69, 9.17) is 0 Å². The largest absolute Gasteiger partial charge is 0.324 e. The second-order valence-electron chi connectivity index (χ2n) is 6.22. The van der Waals surface area contributed by atoms with Crippen LogP contribution in [0.15, 0.2) is 46.7 Å². The fourth-order valence-electron chi connectivity index (χ4n) is 2.92. The van der Waals surface area contributed by atoms with Crippen LogP contribution in [0.3, 0.4) is 0 Å². The zero-order valence-electron chi connectivity index (χ0n) is 15.2. The quantitative estimate of drug-likeness (QED) is 0.799. The predicted molar refractivity (Wildman–Crippen MR) is 106 cm³/mol. The van der Waals surface area contributed by atoms with E-state index >= 15 is 0 Å². The summed E-state index contributed by atoms with van der Waals surface area (Å²) >= 11 is 1.27. The molecule has 2 heterocycles. The van der Waals surface area contributed by atoms with E-state index in [1.807, 2.05) is 32.0 Å². The molecule has 0 aliphatic carbocycles. The van der Waals surface area contributed by atoms with Crippen LogP contribution in [0.5, 0.6) is 0 Å². The fraction of sp³-hybridized carbons (Fsp3) is 0.263. The number of thioether (sulfide) groups is 1. The van der Waals surface area contributed by atoms with Crippen molar-refractivity contribution < 1.29 is 9.59 Å². The highest BCUT2D eigenvalue weighted by molar-refractivity contribution is 8.00. The third kappa shape index (κ3) is 3.80. The predicted octanol–water partition coefficient (Wildman–Crippen LogP) is 2.12. The number of para-hydroxylation sites is 1. The summed E-state index contributed by atoms with van der Waals surface area (Å²) in [6.45, 7) is 7.45. The molecule has 8 heteroatoms. The summed E-state index contributed by atoms with van der Waals surface area (Å²) in [5.74, 6) is -0.270. The van der Waals surface area contributed by atoms with Crippen molar-refractivity contribution in [1.82, 2.24) is 9.78 Å². The summed E-state index contributed by atoms with van der Waals surface area (Å²) < 4.78 is 1.08. The SMILES string of the molecule is C=CCN1C(=O)CSc2cnn(CC(=O)Nc3c(C)cccc3C)c(=O)c21. The molecule has 1 aromatic carbocycles. The van der Waals surface area contributed by atoms with Gasteiger partial charge < -0.3 is 10.2 Å². The maximum absolute atomic E-state index is 12.8. The van der Waals surface area contributed by atoms with Gasteiger partial charge in [0.2, 0.25) is 11.8 Å². The van der Waals surface area contributed by atoms with Gasteiger partial charge >= 0.3 is 0 Å². The van der Waals surface area contributed by atoms with Gasteiger partial charge in [0.25, 0.3) is 5.56 Å². The van der Waals surface area contributed by atoms with Gasteiger partial charge in [0.15, 0.2) is 0 Å². The molecule has 1 aliphatic rings. The lowest BCUT2D eigenvalue weighted by Crippen LogP contribution is -2.42. The van der Waals surface area contributed by atoms with Crippen molar-refractivity contribution in [3.8, 4) is 0 Å². The van der Waals surface area contributed by atoms with Gasteiger partial charge in [0, 0.05) is 12.2 Å². The standard InChI is InChI=1S/C19H20N4O3S/c1-4-8-22-16(25)11-27-14-9-20-23(19(26)18(14)22)10-15(24)21-17-12(2)6-5-7-13(17)3/h4-7,9H,1,8,10-11H2,2-3H3,(H,21,24). The second-order valence-corrected chi connectivity index (χ2v) is 7.23. The van der Waals surface area contributed by atoms with Gasteiger partial charge in [-0.25, -0.2) is 4.68 Å². The van der Waals surface area contributed by atoms with Crippen LogP contribution in [0, 0.1) is 13.8 Å². The topological polar surface area (TPSA) is 84.3 Å². The van der Waals surface area contributed by atoms with E-state index in [0.717, 1.165) is 21.5 Å². The molecule has 2 amide bonds. The van der Waals surface area contributed by atoms with Gasteiger partial charge in [0.05, 0.1) is 16.8 Å². The highest BCUT2D eigenvalue weighted by atomic mass is 32.2. The van der Waals surface area contributed by atoms with Crippen LogP contribution in [-0.4, -0.2) is 33.9 Å². The van der Waals surface area contributed by atoms with E-state index in [-0.39, 0.29) is 36.3 Å². The lowest BCUT2D eigenvalue weighted by Gasteiger charge is -2.27. The van der Waals surface area contributed by atoms with Crippen LogP contribution in [0.2, 0.25) is 0 Å². The molecule has 2 aromatic rings. The maximum Gasteiger partial charge on any atom is 0.292 e. The number of fused-ring (bicyclic) bond motifs is 1. The average molecular weight is 384 g/mol. The van der Waals surface area contributed by atoms with Crippen molar-refractivity contribution in [3.63, 3.8) is 0 Å². The molecular weight excluding hydrogens is 364 g/mol. The molecule has 0 bridgehead atoms. The van der Waals surface area contributed by atoms with Crippen LogP contribution in [0.25, 0.3) is 0 Å². The fourth-order valence-corrected chi connectivity index (χ4v) is 3.81. The Morgan fingerprint density at radius 2 is 2.04 bits per heavy atom. The third-order valence-electron chi connectivity index (χ3n) is 4.26. The molecule has 0 atom stereocenters. The smallest absolute Gasteiger partial charge is 0.292 e. The van der Waals surface area contributed by atoms with E-state index < -0.39 is 5.56 Å². The minimum absolute atomic E-state index is 0.165. The van der Waals surface area contributed by atoms with Gasteiger partial charge in [-0.1, -0.05) is 24.3 Å². The van der Waals surface area contributed by atoms with Crippen LogP contribution in [0.4, 0.5) is 11.4 Å². The first-order chi connectivity index (χ1) is 12.9. The summed E-state index contributed by atoms with van der Waals surface area (Å²) in [6.07, 6.45) is 3.09. The molecule has 0 spiro atoms. The Kier molecular flexibility index (Phi) is 5.46. The zero-order valence-corrected chi connectivity index (χ0v) is 16.0. The average Bonchev–Trinajstić information content (AvgIpc) is 2.63. The highest BCUT2D eigenvalue weighted by Crippen LogP contribution is 2.31. The van der Waals surface area contributed by atoms with E-state index in [0.29, 0.717) is 4.90 Å². The van der Waals surface area contributed by atoms with Crippen molar-refractivity contribution in [3.05, 3.63) is 58.5 Å². The number of aryl methyl sites for hydroxylation is 2. The molecule has 0 unspecified atom stereocenters. The van der Waals surface area contributed by atoms with E-state index in [1.165, 1.54) is 22.9 Å².